The number of carboxylic acids is 2. The Morgan fingerprint density at radius 1 is 0.839 bits per heavy atom. The normalized spacial score (nSPS) is 11.5. The van der Waals surface area contributed by atoms with Gasteiger partial charge in [0.25, 0.3) is 0 Å². The number of rotatable bonds is 9. The number of hydrogen-bond donors (Lipinski definition) is 2. The Balaban J connectivity index is 0.000000366. The van der Waals surface area contributed by atoms with Crippen LogP contribution in [-0.2, 0) is 9.59 Å². The zero-order valence-electron chi connectivity index (χ0n) is 17.9. The fourth-order valence-corrected chi connectivity index (χ4v) is 3.21. The summed E-state index contributed by atoms with van der Waals surface area (Å²) in [5.74, 6) is -1.19. The third-order valence-corrected chi connectivity index (χ3v) is 4.76. The van der Waals surface area contributed by atoms with Crippen molar-refractivity contribution in [2.75, 3.05) is 20.7 Å². The molecular weight excluding hydrogens is 394 g/mol. The molecule has 6 heteroatoms. The van der Waals surface area contributed by atoms with E-state index in [2.05, 4.69) is 91.8 Å². The third kappa shape index (κ3) is 8.10. The van der Waals surface area contributed by atoms with Crippen LogP contribution in [0.15, 0.2) is 72.8 Å². The summed E-state index contributed by atoms with van der Waals surface area (Å²) in [4.78, 5) is 21.5. The molecule has 0 aliphatic heterocycles. The molecule has 0 heterocycles. The zero-order valence-corrected chi connectivity index (χ0v) is 17.9. The van der Waals surface area contributed by atoms with Gasteiger partial charge >= 0.3 is 11.9 Å². The van der Waals surface area contributed by atoms with Crippen molar-refractivity contribution < 1.29 is 24.5 Å². The second-order valence-electron chi connectivity index (χ2n) is 7.29. The SMILES string of the molecule is CN(C)[C@@H](CCOc1cccc2ccccc12)c1ccccc1.O=C(O)CCC(=O)O. The van der Waals surface area contributed by atoms with Crippen molar-refractivity contribution in [2.45, 2.75) is 25.3 Å². The van der Waals surface area contributed by atoms with E-state index in [4.69, 9.17) is 14.9 Å². The third-order valence-electron chi connectivity index (χ3n) is 4.76. The van der Waals surface area contributed by atoms with Gasteiger partial charge in [-0.05, 0) is 31.1 Å². The van der Waals surface area contributed by atoms with E-state index in [0.29, 0.717) is 12.6 Å². The molecule has 0 saturated carbocycles. The van der Waals surface area contributed by atoms with Crippen molar-refractivity contribution in [3.63, 3.8) is 0 Å². The van der Waals surface area contributed by atoms with E-state index in [1.165, 1.54) is 16.3 Å². The number of benzene rings is 3. The van der Waals surface area contributed by atoms with Gasteiger partial charge in [0.2, 0.25) is 0 Å². The first-order valence-electron chi connectivity index (χ1n) is 10.1. The average Bonchev–Trinajstić information content (AvgIpc) is 2.76. The van der Waals surface area contributed by atoms with Crippen LogP contribution in [-0.4, -0.2) is 47.8 Å². The van der Waals surface area contributed by atoms with Crippen LogP contribution in [0.5, 0.6) is 5.75 Å². The van der Waals surface area contributed by atoms with E-state index >= 15 is 0 Å². The van der Waals surface area contributed by atoms with Crippen molar-refractivity contribution in [3.05, 3.63) is 78.4 Å². The Hall–Kier alpha value is -3.38. The van der Waals surface area contributed by atoms with Crippen molar-refractivity contribution >= 4 is 22.7 Å². The number of fused-ring (bicyclic) bond motifs is 1. The minimum atomic E-state index is -1.08. The quantitative estimate of drug-likeness (QED) is 0.512. The molecule has 3 rings (SSSR count). The maximum absolute atomic E-state index is 9.64. The Morgan fingerprint density at radius 3 is 2.03 bits per heavy atom. The van der Waals surface area contributed by atoms with E-state index in [9.17, 15) is 9.59 Å². The van der Waals surface area contributed by atoms with Crippen LogP contribution < -0.4 is 4.74 Å². The fourth-order valence-electron chi connectivity index (χ4n) is 3.21. The van der Waals surface area contributed by atoms with Gasteiger partial charge in [-0.1, -0.05) is 66.7 Å². The number of aliphatic carboxylic acids is 2. The Kier molecular flexibility index (Phi) is 9.52. The zero-order chi connectivity index (χ0) is 22.6. The molecule has 0 aromatic heterocycles. The second kappa shape index (κ2) is 12.3. The highest BCUT2D eigenvalue weighted by molar-refractivity contribution is 5.88. The molecule has 6 nitrogen and oxygen atoms in total. The van der Waals surface area contributed by atoms with E-state index in [-0.39, 0.29) is 12.8 Å². The summed E-state index contributed by atoms with van der Waals surface area (Å²) >= 11 is 0. The fraction of sp³-hybridized carbons (Fsp3) is 0.280. The summed E-state index contributed by atoms with van der Waals surface area (Å²) in [6, 6.07) is 25.6. The van der Waals surface area contributed by atoms with E-state index in [0.717, 1.165) is 12.2 Å². The molecule has 1 atom stereocenters. The topological polar surface area (TPSA) is 87.1 Å². The lowest BCUT2D eigenvalue weighted by Gasteiger charge is -2.25. The number of hydrogen-bond acceptors (Lipinski definition) is 4. The molecule has 0 saturated heterocycles. The summed E-state index contributed by atoms with van der Waals surface area (Å²) in [5, 5.41) is 18.2. The maximum Gasteiger partial charge on any atom is 0.303 e. The van der Waals surface area contributed by atoms with Gasteiger partial charge in [-0.25, -0.2) is 0 Å². The number of ether oxygens (including phenoxy) is 1. The van der Waals surface area contributed by atoms with Gasteiger partial charge in [0.1, 0.15) is 5.75 Å². The molecule has 0 radical (unpaired) electrons. The average molecular weight is 424 g/mol. The molecule has 3 aromatic carbocycles. The minimum absolute atomic E-state index is 0.296. The molecule has 164 valence electrons. The molecule has 31 heavy (non-hydrogen) atoms. The van der Waals surface area contributed by atoms with E-state index in [1.54, 1.807) is 0 Å². The van der Waals surface area contributed by atoms with Crippen LogP contribution in [0.3, 0.4) is 0 Å². The highest BCUT2D eigenvalue weighted by atomic mass is 16.5. The summed E-state index contributed by atoms with van der Waals surface area (Å²) < 4.78 is 6.09. The van der Waals surface area contributed by atoms with Crippen LogP contribution in [0.2, 0.25) is 0 Å². The highest BCUT2D eigenvalue weighted by Crippen LogP contribution is 2.27. The molecule has 0 aliphatic carbocycles. The predicted octanol–water partition coefficient (Wildman–Crippen LogP) is 4.85. The molecule has 0 amide bonds. The van der Waals surface area contributed by atoms with Gasteiger partial charge in [0.15, 0.2) is 0 Å². The number of carbonyl (C=O) groups is 2. The standard InChI is InChI=1S/C21H23NO.C4H6O4/c1-22(2)20(18-10-4-3-5-11-18)15-16-23-21-14-8-12-17-9-6-7-13-19(17)21;5-3(6)1-2-4(7)8/h3-14,20H,15-16H2,1-2H3;1-2H2,(H,5,6)(H,7,8)/t20-;/m0./s1. The lowest BCUT2D eigenvalue weighted by molar-refractivity contribution is -0.143. The molecule has 0 bridgehead atoms. The van der Waals surface area contributed by atoms with E-state index < -0.39 is 11.9 Å². The molecule has 0 unspecified atom stereocenters. The Bertz CT molecular complexity index is 953. The molecule has 3 aromatic rings. The molecular formula is C25H29NO5. The first kappa shape index (κ1) is 23.9. The van der Waals surface area contributed by atoms with Crippen LogP contribution in [0.4, 0.5) is 0 Å². The van der Waals surface area contributed by atoms with Crippen molar-refractivity contribution in [3.8, 4) is 5.75 Å². The second-order valence-corrected chi connectivity index (χ2v) is 7.29. The van der Waals surface area contributed by atoms with E-state index in [1.807, 2.05) is 0 Å². The minimum Gasteiger partial charge on any atom is -0.493 e. The van der Waals surface area contributed by atoms with Gasteiger partial charge in [0, 0.05) is 17.8 Å². The van der Waals surface area contributed by atoms with Crippen molar-refractivity contribution in [2.24, 2.45) is 0 Å². The summed E-state index contributed by atoms with van der Waals surface area (Å²) in [6.45, 7) is 0.700. The highest BCUT2D eigenvalue weighted by Gasteiger charge is 2.14. The Labute approximate surface area is 182 Å². The molecule has 0 fully saturated rings. The van der Waals surface area contributed by atoms with Crippen molar-refractivity contribution in [1.29, 1.82) is 0 Å². The van der Waals surface area contributed by atoms with Crippen LogP contribution >= 0.6 is 0 Å². The first-order valence-corrected chi connectivity index (χ1v) is 10.1. The smallest absolute Gasteiger partial charge is 0.303 e. The predicted molar refractivity (Wildman–Crippen MR) is 121 cm³/mol. The summed E-state index contributed by atoms with van der Waals surface area (Å²) in [6.07, 6.45) is 0.366. The van der Waals surface area contributed by atoms with Crippen molar-refractivity contribution in [1.82, 2.24) is 4.90 Å². The van der Waals surface area contributed by atoms with Gasteiger partial charge in [-0.3, -0.25) is 9.59 Å². The summed E-state index contributed by atoms with van der Waals surface area (Å²) in [7, 11) is 4.24. The van der Waals surface area contributed by atoms with Crippen LogP contribution in [0.25, 0.3) is 10.8 Å². The maximum atomic E-state index is 9.64. The Morgan fingerprint density at radius 2 is 1.42 bits per heavy atom. The van der Waals surface area contributed by atoms with Gasteiger partial charge in [-0.15, -0.1) is 0 Å². The number of nitrogens with zero attached hydrogens (tertiary/aromatic N) is 1. The molecule has 0 spiro atoms. The van der Waals surface area contributed by atoms with Gasteiger partial charge < -0.3 is 19.8 Å². The van der Waals surface area contributed by atoms with Crippen LogP contribution in [0, 0.1) is 0 Å². The summed E-state index contributed by atoms with van der Waals surface area (Å²) in [5.41, 5.74) is 1.33. The first-order chi connectivity index (χ1) is 14.9. The van der Waals surface area contributed by atoms with Crippen LogP contribution in [0.1, 0.15) is 30.9 Å². The van der Waals surface area contributed by atoms with Gasteiger partial charge in [-0.2, -0.15) is 0 Å². The van der Waals surface area contributed by atoms with Gasteiger partial charge in [0.05, 0.1) is 19.4 Å². The molecule has 0 aliphatic rings. The molecule has 2 N–H and O–H groups in total. The monoisotopic (exact) mass is 423 g/mol. The lowest BCUT2D eigenvalue weighted by atomic mass is 10.0. The number of carboxylic acid groups (broad SMARTS) is 2. The largest absolute Gasteiger partial charge is 0.493 e. The lowest BCUT2D eigenvalue weighted by Crippen LogP contribution is -2.22.